The molecule has 1 aliphatic heterocycles. The van der Waals surface area contributed by atoms with Crippen LogP contribution in [0.5, 0.6) is 0 Å². The van der Waals surface area contributed by atoms with Gasteiger partial charge in [0.2, 0.25) is 0 Å². The van der Waals surface area contributed by atoms with Crippen LogP contribution in [-0.4, -0.2) is 42.3 Å². The average Bonchev–Trinajstić information content (AvgIpc) is 2.55. The number of carbonyl (C=O) groups is 1. The largest absolute Gasteiger partial charge is 0.465 e. The molecular weight excluding hydrogens is 288 g/mol. The van der Waals surface area contributed by atoms with Gasteiger partial charge in [0, 0.05) is 37.4 Å². The number of nitrogens with zero attached hydrogens (tertiary/aromatic N) is 2. The van der Waals surface area contributed by atoms with Crippen molar-refractivity contribution in [3.05, 3.63) is 35.9 Å². The highest BCUT2D eigenvalue weighted by molar-refractivity contribution is 5.78. The van der Waals surface area contributed by atoms with Crippen molar-refractivity contribution in [2.45, 2.75) is 33.1 Å². The Morgan fingerprint density at radius 2 is 1.83 bits per heavy atom. The number of amides is 1. The monoisotopic (exact) mass is 314 g/mol. The molecule has 0 aromatic heterocycles. The van der Waals surface area contributed by atoms with E-state index in [0.29, 0.717) is 18.5 Å². The van der Waals surface area contributed by atoms with E-state index in [4.69, 9.17) is 5.11 Å². The Bertz CT molecular complexity index is 614. The van der Waals surface area contributed by atoms with E-state index in [2.05, 4.69) is 49.1 Å². The van der Waals surface area contributed by atoms with Crippen LogP contribution in [0.15, 0.2) is 30.3 Å². The zero-order valence-electron chi connectivity index (χ0n) is 14.1. The summed E-state index contributed by atoms with van der Waals surface area (Å²) in [6.45, 7) is 7.35. The normalized spacial score (nSPS) is 21.0. The summed E-state index contributed by atoms with van der Waals surface area (Å²) >= 11 is 0. The van der Waals surface area contributed by atoms with Crippen LogP contribution in [0, 0.1) is 5.41 Å². The Morgan fingerprint density at radius 1 is 1.13 bits per heavy atom. The molecule has 1 heterocycles. The first kappa shape index (κ1) is 15.9. The van der Waals surface area contributed by atoms with E-state index < -0.39 is 6.09 Å². The Balaban J connectivity index is 1.80. The number of carboxylic acid groups (broad SMARTS) is 1. The number of benzene rings is 1. The highest BCUT2D eigenvalue weighted by Gasteiger charge is 2.25. The first-order valence-electron chi connectivity index (χ1n) is 8.47. The van der Waals surface area contributed by atoms with Crippen molar-refractivity contribution in [2.24, 2.45) is 5.41 Å². The number of para-hydroxylation sites is 1. The van der Waals surface area contributed by atoms with Gasteiger partial charge < -0.3 is 14.9 Å². The van der Waals surface area contributed by atoms with Crippen LogP contribution in [0.4, 0.5) is 10.5 Å². The number of hydrogen-bond donors (Lipinski definition) is 1. The Kier molecular flexibility index (Phi) is 4.33. The maximum absolute atomic E-state index is 11.1. The maximum atomic E-state index is 11.1. The van der Waals surface area contributed by atoms with E-state index in [-0.39, 0.29) is 0 Å². The van der Waals surface area contributed by atoms with Crippen molar-refractivity contribution in [1.29, 1.82) is 0 Å². The van der Waals surface area contributed by atoms with Gasteiger partial charge in [-0.05, 0) is 36.3 Å². The second-order valence-electron chi connectivity index (χ2n) is 7.37. The minimum Gasteiger partial charge on any atom is -0.465 e. The van der Waals surface area contributed by atoms with E-state index in [1.54, 1.807) is 0 Å². The molecule has 23 heavy (non-hydrogen) atoms. The summed E-state index contributed by atoms with van der Waals surface area (Å²) in [5.41, 5.74) is 4.43. The molecule has 1 saturated heterocycles. The van der Waals surface area contributed by atoms with Gasteiger partial charge in [0.05, 0.1) is 0 Å². The van der Waals surface area contributed by atoms with E-state index >= 15 is 0 Å². The molecule has 3 rings (SSSR count). The fourth-order valence-electron chi connectivity index (χ4n) is 3.48. The molecule has 2 aliphatic rings. The summed E-state index contributed by atoms with van der Waals surface area (Å²) < 4.78 is 0. The van der Waals surface area contributed by atoms with Gasteiger partial charge in [-0.15, -0.1) is 0 Å². The molecule has 1 aromatic carbocycles. The van der Waals surface area contributed by atoms with Gasteiger partial charge in [0.15, 0.2) is 0 Å². The summed E-state index contributed by atoms with van der Waals surface area (Å²) in [5, 5.41) is 9.10. The van der Waals surface area contributed by atoms with Crippen molar-refractivity contribution in [3.8, 4) is 0 Å². The van der Waals surface area contributed by atoms with Crippen LogP contribution in [0.3, 0.4) is 0 Å². The van der Waals surface area contributed by atoms with Crippen LogP contribution in [0.25, 0.3) is 5.57 Å². The first-order chi connectivity index (χ1) is 11.0. The summed E-state index contributed by atoms with van der Waals surface area (Å²) in [4.78, 5) is 14.9. The molecule has 1 aliphatic carbocycles. The molecular formula is C19H26N2O2. The van der Waals surface area contributed by atoms with Crippen molar-refractivity contribution >= 4 is 17.4 Å². The SMILES string of the molecule is CC1(C)CC=C(c2ccccc2N2CCN(C(=O)O)CC2)CC1. The lowest BCUT2D eigenvalue weighted by Crippen LogP contribution is -2.48. The molecule has 1 amide bonds. The summed E-state index contributed by atoms with van der Waals surface area (Å²) in [6.07, 6.45) is 5.06. The van der Waals surface area contributed by atoms with Crippen molar-refractivity contribution in [3.63, 3.8) is 0 Å². The lowest BCUT2D eigenvalue weighted by Gasteiger charge is -2.36. The molecule has 124 valence electrons. The Hall–Kier alpha value is -1.97. The van der Waals surface area contributed by atoms with Gasteiger partial charge in [0.1, 0.15) is 0 Å². The number of anilines is 1. The fraction of sp³-hybridized carbons (Fsp3) is 0.526. The summed E-state index contributed by atoms with van der Waals surface area (Å²) in [7, 11) is 0. The Labute approximate surface area is 138 Å². The van der Waals surface area contributed by atoms with E-state index in [1.807, 2.05) is 0 Å². The third-order valence-corrected chi connectivity index (χ3v) is 5.11. The minimum absolute atomic E-state index is 0.408. The molecule has 0 saturated carbocycles. The third-order valence-electron chi connectivity index (χ3n) is 5.11. The van der Waals surface area contributed by atoms with E-state index in [9.17, 15) is 4.79 Å². The second kappa shape index (κ2) is 6.26. The molecule has 0 bridgehead atoms. The van der Waals surface area contributed by atoms with Gasteiger partial charge in [-0.3, -0.25) is 0 Å². The van der Waals surface area contributed by atoms with Crippen LogP contribution in [-0.2, 0) is 0 Å². The van der Waals surface area contributed by atoms with Crippen molar-refractivity contribution in [1.82, 2.24) is 4.90 Å². The highest BCUT2D eigenvalue weighted by atomic mass is 16.4. The number of rotatable bonds is 2. The molecule has 4 heteroatoms. The maximum Gasteiger partial charge on any atom is 0.407 e. The summed E-state index contributed by atoms with van der Waals surface area (Å²) in [6, 6.07) is 8.57. The van der Waals surface area contributed by atoms with E-state index in [0.717, 1.165) is 25.9 Å². The van der Waals surface area contributed by atoms with Crippen LogP contribution >= 0.6 is 0 Å². The minimum atomic E-state index is -0.810. The van der Waals surface area contributed by atoms with Gasteiger partial charge in [-0.1, -0.05) is 38.1 Å². The predicted molar refractivity (Wildman–Crippen MR) is 93.9 cm³/mol. The topological polar surface area (TPSA) is 43.8 Å². The zero-order valence-corrected chi connectivity index (χ0v) is 14.1. The molecule has 0 spiro atoms. The molecule has 1 N–H and O–H groups in total. The van der Waals surface area contributed by atoms with E-state index in [1.165, 1.54) is 28.1 Å². The van der Waals surface area contributed by atoms with Crippen molar-refractivity contribution in [2.75, 3.05) is 31.1 Å². The predicted octanol–water partition coefficient (Wildman–Crippen LogP) is 4.08. The van der Waals surface area contributed by atoms with Crippen molar-refractivity contribution < 1.29 is 9.90 Å². The van der Waals surface area contributed by atoms with Crippen LogP contribution in [0.2, 0.25) is 0 Å². The lowest BCUT2D eigenvalue weighted by molar-refractivity contribution is 0.142. The standard InChI is InChI=1S/C19H26N2O2/c1-19(2)9-7-15(8-10-19)16-5-3-4-6-17(16)20-11-13-21(14-12-20)18(22)23/h3-7H,8-14H2,1-2H3,(H,22,23). The van der Waals surface area contributed by atoms with Gasteiger partial charge in [-0.25, -0.2) is 4.79 Å². The van der Waals surface area contributed by atoms with Crippen LogP contribution in [0.1, 0.15) is 38.7 Å². The third kappa shape index (κ3) is 3.52. The summed E-state index contributed by atoms with van der Waals surface area (Å²) in [5.74, 6) is 0. The quantitative estimate of drug-likeness (QED) is 0.894. The molecule has 1 aromatic rings. The second-order valence-corrected chi connectivity index (χ2v) is 7.37. The lowest BCUT2D eigenvalue weighted by atomic mass is 9.77. The van der Waals surface area contributed by atoms with Gasteiger partial charge >= 0.3 is 6.09 Å². The molecule has 1 fully saturated rings. The van der Waals surface area contributed by atoms with Crippen LogP contribution < -0.4 is 4.90 Å². The highest BCUT2D eigenvalue weighted by Crippen LogP contribution is 2.40. The molecule has 4 nitrogen and oxygen atoms in total. The first-order valence-corrected chi connectivity index (χ1v) is 8.47. The molecule has 0 unspecified atom stereocenters. The zero-order chi connectivity index (χ0) is 16.4. The number of allylic oxidation sites excluding steroid dienone is 2. The fourth-order valence-corrected chi connectivity index (χ4v) is 3.48. The molecule has 0 atom stereocenters. The smallest absolute Gasteiger partial charge is 0.407 e. The number of hydrogen-bond acceptors (Lipinski definition) is 2. The molecule has 0 radical (unpaired) electrons. The Morgan fingerprint density at radius 3 is 2.43 bits per heavy atom. The average molecular weight is 314 g/mol. The van der Waals surface area contributed by atoms with Gasteiger partial charge in [-0.2, -0.15) is 0 Å². The number of piperazine rings is 1. The van der Waals surface area contributed by atoms with Gasteiger partial charge in [0.25, 0.3) is 0 Å².